The minimum absolute atomic E-state index is 0.286. The first kappa shape index (κ1) is 12.7. The van der Waals surface area contributed by atoms with Gasteiger partial charge in [0.25, 0.3) is 0 Å². The second kappa shape index (κ2) is 5.77. The number of hydrogen-bond acceptors (Lipinski definition) is 5. The molecule has 2 heterocycles. The van der Waals surface area contributed by atoms with Gasteiger partial charge in [-0.2, -0.15) is 0 Å². The van der Waals surface area contributed by atoms with Crippen LogP contribution in [-0.4, -0.2) is 39.6 Å². The second-order valence-corrected chi connectivity index (χ2v) is 4.92. The fraction of sp³-hybridized carbons (Fsp3) is 0.571. The molecule has 104 valence electrons. The summed E-state index contributed by atoms with van der Waals surface area (Å²) in [6.45, 7) is 2.84. The van der Waals surface area contributed by atoms with Gasteiger partial charge in [0.15, 0.2) is 11.5 Å². The van der Waals surface area contributed by atoms with Crippen LogP contribution < -0.4 is 20.1 Å². The van der Waals surface area contributed by atoms with E-state index in [2.05, 4.69) is 22.8 Å². The lowest BCUT2D eigenvalue weighted by molar-refractivity contribution is 0.0708. The Labute approximate surface area is 113 Å². The maximum atomic E-state index is 5.50. The summed E-state index contributed by atoms with van der Waals surface area (Å²) >= 11 is 0. The minimum atomic E-state index is 0.286. The molecular weight excluding hydrogens is 244 g/mol. The van der Waals surface area contributed by atoms with Crippen LogP contribution in [0.3, 0.4) is 0 Å². The summed E-state index contributed by atoms with van der Waals surface area (Å²) in [4.78, 5) is 0. The van der Waals surface area contributed by atoms with E-state index in [-0.39, 0.29) is 6.04 Å². The van der Waals surface area contributed by atoms with Crippen LogP contribution in [0, 0.1) is 0 Å². The Kier molecular flexibility index (Phi) is 3.87. The highest BCUT2D eigenvalue weighted by Crippen LogP contribution is 2.35. The lowest BCUT2D eigenvalue weighted by Gasteiger charge is -2.28. The van der Waals surface area contributed by atoms with Crippen molar-refractivity contribution in [3.63, 3.8) is 0 Å². The van der Waals surface area contributed by atoms with Crippen molar-refractivity contribution >= 4 is 0 Å². The van der Waals surface area contributed by atoms with Crippen LogP contribution >= 0.6 is 0 Å². The monoisotopic (exact) mass is 264 g/mol. The van der Waals surface area contributed by atoms with Crippen molar-refractivity contribution in [2.45, 2.75) is 18.5 Å². The van der Waals surface area contributed by atoms with E-state index in [0.717, 1.165) is 37.7 Å². The number of rotatable bonds is 4. The molecule has 0 spiro atoms. The quantitative estimate of drug-likeness (QED) is 0.851. The Hall–Kier alpha value is -1.30. The van der Waals surface area contributed by atoms with E-state index in [1.54, 1.807) is 0 Å². The number of ether oxygens (including phenoxy) is 3. The Morgan fingerprint density at radius 3 is 3.05 bits per heavy atom. The molecule has 3 rings (SSSR count). The molecule has 0 amide bonds. The van der Waals surface area contributed by atoms with Crippen LogP contribution in [0.2, 0.25) is 0 Å². The maximum absolute atomic E-state index is 5.50. The third kappa shape index (κ3) is 2.83. The zero-order valence-corrected chi connectivity index (χ0v) is 11.1. The van der Waals surface area contributed by atoms with Crippen molar-refractivity contribution in [1.29, 1.82) is 0 Å². The molecule has 2 unspecified atom stereocenters. The Bertz CT molecular complexity index is 433. The topological polar surface area (TPSA) is 51.8 Å². The van der Waals surface area contributed by atoms with E-state index >= 15 is 0 Å². The van der Waals surface area contributed by atoms with Crippen LogP contribution in [0.5, 0.6) is 11.5 Å². The average Bonchev–Trinajstić information content (AvgIpc) is 2.93. The van der Waals surface area contributed by atoms with Crippen LogP contribution in [0.4, 0.5) is 0 Å². The van der Waals surface area contributed by atoms with Crippen LogP contribution in [0.1, 0.15) is 18.0 Å². The summed E-state index contributed by atoms with van der Waals surface area (Å²) in [6, 6.07) is 6.82. The molecule has 2 atom stereocenters. The highest BCUT2D eigenvalue weighted by molar-refractivity contribution is 5.45. The molecule has 0 saturated carbocycles. The van der Waals surface area contributed by atoms with Gasteiger partial charge in [-0.1, -0.05) is 6.07 Å². The van der Waals surface area contributed by atoms with E-state index in [0.29, 0.717) is 12.8 Å². The number of benzene rings is 1. The average molecular weight is 264 g/mol. The smallest absolute Gasteiger partial charge is 0.231 e. The van der Waals surface area contributed by atoms with Gasteiger partial charge in [-0.3, -0.25) is 0 Å². The molecule has 1 aromatic carbocycles. The van der Waals surface area contributed by atoms with Gasteiger partial charge < -0.3 is 24.8 Å². The van der Waals surface area contributed by atoms with Gasteiger partial charge in [0.05, 0.1) is 13.2 Å². The molecular formula is C14H20N2O3. The first-order chi connectivity index (χ1) is 9.36. The summed E-state index contributed by atoms with van der Waals surface area (Å²) in [5.41, 5.74) is 1.22. The molecule has 0 radical (unpaired) electrons. The predicted octanol–water partition coefficient (Wildman–Crippen LogP) is 1.05. The number of morpholine rings is 1. The van der Waals surface area contributed by atoms with Gasteiger partial charge >= 0.3 is 0 Å². The standard InChI is InChI=1S/C14H20N2O3/c1-15-12(7-11-8-17-5-4-16-11)10-2-3-13-14(6-10)19-9-18-13/h2-3,6,11-12,15-16H,4-5,7-9H2,1H3. The van der Waals surface area contributed by atoms with Gasteiger partial charge in [0, 0.05) is 18.6 Å². The Morgan fingerprint density at radius 2 is 2.26 bits per heavy atom. The van der Waals surface area contributed by atoms with Crippen LogP contribution in [-0.2, 0) is 4.74 Å². The molecule has 0 aliphatic carbocycles. The van der Waals surface area contributed by atoms with E-state index in [1.807, 2.05) is 13.1 Å². The van der Waals surface area contributed by atoms with Crippen LogP contribution in [0.15, 0.2) is 18.2 Å². The molecule has 1 aromatic rings. The molecule has 0 bridgehead atoms. The van der Waals surface area contributed by atoms with Crippen molar-refractivity contribution < 1.29 is 14.2 Å². The summed E-state index contributed by atoms with van der Waals surface area (Å²) in [5, 5.41) is 6.85. The van der Waals surface area contributed by atoms with Gasteiger partial charge in [0.2, 0.25) is 6.79 Å². The second-order valence-electron chi connectivity index (χ2n) is 4.92. The van der Waals surface area contributed by atoms with Crippen molar-refractivity contribution in [2.24, 2.45) is 0 Å². The summed E-state index contributed by atoms with van der Waals surface area (Å²) in [7, 11) is 1.99. The molecule has 1 fully saturated rings. The van der Waals surface area contributed by atoms with Crippen molar-refractivity contribution in [2.75, 3.05) is 33.6 Å². The highest BCUT2D eigenvalue weighted by atomic mass is 16.7. The number of nitrogens with one attached hydrogen (secondary N) is 2. The predicted molar refractivity (Wildman–Crippen MR) is 71.6 cm³/mol. The Morgan fingerprint density at radius 1 is 1.37 bits per heavy atom. The lowest BCUT2D eigenvalue weighted by atomic mass is 9.99. The van der Waals surface area contributed by atoms with Crippen LogP contribution in [0.25, 0.3) is 0 Å². The van der Waals surface area contributed by atoms with Gasteiger partial charge in [-0.25, -0.2) is 0 Å². The third-order valence-corrected chi connectivity index (χ3v) is 3.67. The Balaban J connectivity index is 1.70. The van der Waals surface area contributed by atoms with E-state index in [1.165, 1.54) is 5.56 Å². The van der Waals surface area contributed by atoms with Crippen molar-refractivity contribution in [1.82, 2.24) is 10.6 Å². The van der Waals surface area contributed by atoms with E-state index in [4.69, 9.17) is 14.2 Å². The van der Waals surface area contributed by atoms with Gasteiger partial charge in [0.1, 0.15) is 0 Å². The summed E-state index contributed by atoms with van der Waals surface area (Å²) < 4.78 is 16.3. The zero-order valence-electron chi connectivity index (χ0n) is 11.1. The molecule has 5 heteroatoms. The minimum Gasteiger partial charge on any atom is -0.454 e. The molecule has 5 nitrogen and oxygen atoms in total. The van der Waals surface area contributed by atoms with Crippen molar-refractivity contribution in [3.05, 3.63) is 23.8 Å². The highest BCUT2D eigenvalue weighted by Gasteiger charge is 2.21. The number of hydrogen-bond donors (Lipinski definition) is 2. The summed E-state index contributed by atoms with van der Waals surface area (Å²) in [5.74, 6) is 1.67. The first-order valence-corrected chi connectivity index (χ1v) is 6.75. The normalized spacial score (nSPS) is 23.3. The van der Waals surface area contributed by atoms with Crippen molar-refractivity contribution in [3.8, 4) is 11.5 Å². The number of fused-ring (bicyclic) bond motifs is 1. The molecule has 0 aromatic heterocycles. The molecule has 2 aliphatic heterocycles. The van der Waals surface area contributed by atoms with E-state index < -0.39 is 0 Å². The van der Waals surface area contributed by atoms with E-state index in [9.17, 15) is 0 Å². The largest absolute Gasteiger partial charge is 0.454 e. The first-order valence-electron chi connectivity index (χ1n) is 6.75. The molecule has 2 aliphatic rings. The maximum Gasteiger partial charge on any atom is 0.231 e. The summed E-state index contributed by atoms with van der Waals surface area (Å²) in [6.07, 6.45) is 0.996. The lowest BCUT2D eigenvalue weighted by Crippen LogP contribution is -2.43. The molecule has 1 saturated heterocycles. The third-order valence-electron chi connectivity index (χ3n) is 3.67. The zero-order chi connectivity index (χ0) is 13.1. The molecule has 2 N–H and O–H groups in total. The van der Waals surface area contributed by atoms with Gasteiger partial charge in [-0.05, 0) is 31.2 Å². The SMILES string of the molecule is CNC(CC1COCCN1)c1ccc2c(c1)OCO2. The molecule has 19 heavy (non-hydrogen) atoms. The fourth-order valence-corrected chi connectivity index (χ4v) is 2.61. The fourth-order valence-electron chi connectivity index (χ4n) is 2.61. The van der Waals surface area contributed by atoms with Gasteiger partial charge in [-0.15, -0.1) is 0 Å².